The number of carbonyl (C=O) groups is 1. The summed E-state index contributed by atoms with van der Waals surface area (Å²) in [5.74, 6) is -1.04. The van der Waals surface area contributed by atoms with Crippen LogP contribution in [-0.2, 0) is 6.61 Å². The number of rotatable bonds is 4. The third kappa shape index (κ3) is 4.93. The Labute approximate surface area is 263 Å². The van der Waals surface area contributed by atoms with Gasteiger partial charge in [0.1, 0.15) is 0 Å². The topological polar surface area (TPSA) is 100 Å². The molecule has 9 heteroatoms. The smallest absolute Gasteiger partial charge is 0.337 e. The molecule has 2 aromatic carbocycles. The predicted molar refractivity (Wildman–Crippen MR) is 182 cm³/mol. The van der Waals surface area contributed by atoms with Crippen LogP contribution in [0.25, 0.3) is 53.5 Å². The lowest BCUT2D eigenvalue weighted by Crippen LogP contribution is -2.18. The van der Waals surface area contributed by atoms with Gasteiger partial charge in [-0.15, -0.1) is 22.7 Å². The Kier molecular flexibility index (Phi) is 7.34. The molecule has 8 rings (SSSR count). The van der Waals surface area contributed by atoms with Gasteiger partial charge in [0.15, 0.2) is 0 Å². The number of fused-ring (bicyclic) bond motifs is 6. The second-order valence-corrected chi connectivity index (χ2v) is 12.2. The minimum absolute atomic E-state index is 0.0614. The SMILES string of the molecule is O=C(O)c1cc(-c2ccccc2)c(=O)n2ccc3ccsc3c12.O=c1c(-c2ccccc2)cc(CO)c2c3sccc3ccn12. The lowest BCUT2D eigenvalue weighted by Gasteiger charge is -2.10. The Balaban J connectivity index is 0.000000145. The summed E-state index contributed by atoms with van der Waals surface area (Å²) in [7, 11) is 0. The molecular weight excluding hydrogens is 605 g/mol. The maximum absolute atomic E-state index is 12.8. The van der Waals surface area contributed by atoms with Gasteiger partial charge in [-0.3, -0.25) is 18.4 Å². The summed E-state index contributed by atoms with van der Waals surface area (Å²) in [6.45, 7) is -0.0966. The third-order valence-corrected chi connectivity index (χ3v) is 9.62. The van der Waals surface area contributed by atoms with Gasteiger partial charge < -0.3 is 10.2 Å². The molecule has 0 saturated carbocycles. The first kappa shape index (κ1) is 28.4. The average Bonchev–Trinajstić information content (AvgIpc) is 3.76. The van der Waals surface area contributed by atoms with Gasteiger partial charge in [-0.1, -0.05) is 60.7 Å². The van der Waals surface area contributed by atoms with Crippen LogP contribution in [0.15, 0.2) is 130 Å². The molecule has 0 spiro atoms. The molecule has 8 aromatic rings. The van der Waals surface area contributed by atoms with Gasteiger partial charge in [0.2, 0.25) is 0 Å². The van der Waals surface area contributed by atoms with Crippen molar-refractivity contribution in [2.45, 2.75) is 6.61 Å². The molecule has 0 aliphatic rings. The van der Waals surface area contributed by atoms with E-state index in [1.807, 2.05) is 89.6 Å². The van der Waals surface area contributed by atoms with Gasteiger partial charge in [0, 0.05) is 29.1 Å². The Morgan fingerprint density at radius 3 is 1.64 bits per heavy atom. The van der Waals surface area contributed by atoms with Crippen LogP contribution >= 0.6 is 22.7 Å². The Bertz CT molecular complexity index is 2490. The summed E-state index contributed by atoms with van der Waals surface area (Å²) in [5, 5.41) is 25.3. The molecule has 0 unspecified atom stereocenters. The number of aromatic carboxylic acids is 1. The van der Waals surface area contributed by atoms with Crippen molar-refractivity contribution in [2.24, 2.45) is 0 Å². The predicted octanol–water partition coefficient (Wildman–Crippen LogP) is 7.55. The standard InChI is InChI=1S/C18H11NO3S.C18H13NO2S/c20-17-13(11-4-2-1-3-5-11)10-14(18(21)22)15-16-12(7-9-23-16)6-8-19(15)17;20-11-14-10-15(12-4-2-1-3-5-12)18(21)19-8-6-13-7-9-22-17(13)16(14)19/h1-10H,(H,21,22);1-10,20H,11H2. The molecule has 45 heavy (non-hydrogen) atoms. The zero-order valence-electron chi connectivity index (χ0n) is 23.6. The maximum Gasteiger partial charge on any atom is 0.337 e. The van der Waals surface area contributed by atoms with Crippen LogP contribution in [-0.4, -0.2) is 25.0 Å². The molecule has 0 radical (unpaired) electrons. The maximum atomic E-state index is 12.8. The van der Waals surface area contributed by atoms with Crippen LogP contribution in [0.4, 0.5) is 0 Å². The van der Waals surface area contributed by atoms with Gasteiger partial charge in [0.05, 0.1) is 32.6 Å². The van der Waals surface area contributed by atoms with E-state index in [-0.39, 0.29) is 23.3 Å². The number of nitrogens with zero attached hydrogens (tertiary/aromatic N) is 2. The van der Waals surface area contributed by atoms with E-state index in [1.165, 1.54) is 21.8 Å². The highest BCUT2D eigenvalue weighted by Crippen LogP contribution is 2.30. The molecule has 0 bridgehead atoms. The third-order valence-electron chi connectivity index (χ3n) is 7.74. The van der Waals surface area contributed by atoms with Crippen molar-refractivity contribution in [2.75, 3.05) is 0 Å². The fourth-order valence-electron chi connectivity index (χ4n) is 5.63. The van der Waals surface area contributed by atoms with Crippen LogP contribution in [0.3, 0.4) is 0 Å². The van der Waals surface area contributed by atoms with Gasteiger partial charge in [-0.2, -0.15) is 0 Å². The summed E-state index contributed by atoms with van der Waals surface area (Å²) in [6.07, 6.45) is 3.43. The minimum atomic E-state index is -1.04. The highest BCUT2D eigenvalue weighted by molar-refractivity contribution is 7.18. The van der Waals surface area contributed by atoms with E-state index in [9.17, 15) is 24.6 Å². The number of carboxylic acids is 1. The lowest BCUT2D eigenvalue weighted by atomic mass is 10.0. The van der Waals surface area contributed by atoms with E-state index in [0.29, 0.717) is 22.2 Å². The first-order valence-electron chi connectivity index (χ1n) is 14.0. The monoisotopic (exact) mass is 628 g/mol. The van der Waals surface area contributed by atoms with Crippen molar-refractivity contribution < 1.29 is 15.0 Å². The van der Waals surface area contributed by atoms with E-state index in [1.54, 1.807) is 40.3 Å². The number of hydrogen-bond donors (Lipinski definition) is 2. The van der Waals surface area contributed by atoms with Crippen LogP contribution in [0.2, 0.25) is 0 Å². The molecule has 0 fully saturated rings. The second kappa shape index (κ2) is 11.6. The lowest BCUT2D eigenvalue weighted by molar-refractivity contribution is 0.0698. The van der Waals surface area contributed by atoms with Crippen molar-refractivity contribution in [3.05, 3.63) is 152 Å². The van der Waals surface area contributed by atoms with E-state index in [2.05, 4.69) is 0 Å². The molecule has 2 N–H and O–H groups in total. The van der Waals surface area contributed by atoms with E-state index in [0.717, 1.165) is 36.8 Å². The Morgan fingerprint density at radius 1 is 0.644 bits per heavy atom. The zero-order valence-corrected chi connectivity index (χ0v) is 25.2. The molecule has 0 amide bonds. The molecule has 0 atom stereocenters. The van der Waals surface area contributed by atoms with Crippen LogP contribution in [0, 0.1) is 0 Å². The molecule has 220 valence electrons. The molecule has 0 aliphatic heterocycles. The number of carboxylic acid groups (broad SMARTS) is 1. The molecule has 6 heterocycles. The highest BCUT2D eigenvalue weighted by Gasteiger charge is 2.18. The molecule has 0 aliphatic carbocycles. The fraction of sp³-hybridized carbons (Fsp3) is 0.0278. The number of aliphatic hydroxyl groups excluding tert-OH is 1. The van der Waals surface area contributed by atoms with Crippen molar-refractivity contribution >= 4 is 59.8 Å². The van der Waals surface area contributed by atoms with Crippen molar-refractivity contribution in [1.82, 2.24) is 8.80 Å². The largest absolute Gasteiger partial charge is 0.478 e. The summed E-state index contributed by atoms with van der Waals surface area (Å²) in [6, 6.07) is 29.7. The molecule has 7 nitrogen and oxygen atoms in total. The minimum Gasteiger partial charge on any atom is -0.478 e. The van der Waals surface area contributed by atoms with Gasteiger partial charge in [0.25, 0.3) is 11.1 Å². The van der Waals surface area contributed by atoms with E-state index >= 15 is 0 Å². The van der Waals surface area contributed by atoms with Crippen LogP contribution in [0.5, 0.6) is 0 Å². The number of aliphatic hydroxyl groups is 1. The number of aromatic nitrogens is 2. The molecule has 6 aromatic heterocycles. The Morgan fingerprint density at radius 2 is 1.13 bits per heavy atom. The molecule has 0 saturated heterocycles. The average molecular weight is 629 g/mol. The van der Waals surface area contributed by atoms with Gasteiger partial charge >= 0.3 is 5.97 Å². The number of hydrogen-bond acceptors (Lipinski definition) is 6. The summed E-state index contributed by atoms with van der Waals surface area (Å²) < 4.78 is 4.92. The second-order valence-electron chi connectivity index (χ2n) is 10.3. The van der Waals surface area contributed by atoms with E-state index in [4.69, 9.17) is 0 Å². The zero-order chi connectivity index (χ0) is 31.1. The van der Waals surface area contributed by atoms with Crippen molar-refractivity contribution in [3.8, 4) is 22.3 Å². The Hall–Kier alpha value is -5.35. The summed E-state index contributed by atoms with van der Waals surface area (Å²) in [4.78, 5) is 37.5. The number of thiophene rings is 2. The fourth-order valence-corrected chi connectivity index (χ4v) is 7.53. The van der Waals surface area contributed by atoms with Gasteiger partial charge in [-0.05, 0) is 69.1 Å². The normalized spacial score (nSPS) is 11.2. The number of benzene rings is 2. The van der Waals surface area contributed by atoms with E-state index < -0.39 is 5.97 Å². The first-order valence-corrected chi connectivity index (χ1v) is 15.8. The van der Waals surface area contributed by atoms with Crippen molar-refractivity contribution in [3.63, 3.8) is 0 Å². The first-order chi connectivity index (χ1) is 22.0. The summed E-state index contributed by atoms with van der Waals surface area (Å²) in [5.41, 5.74) is 4.45. The van der Waals surface area contributed by atoms with Crippen molar-refractivity contribution in [1.29, 1.82) is 0 Å². The summed E-state index contributed by atoms with van der Waals surface area (Å²) >= 11 is 3.02. The molecular formula is C36H24N2O5S2. The van der Waals surface area contributed by atoms with Crippen LogP contribution < -0.4 is 11.1 Å². The quantitative estimate of drug-likeness (QED) is 0.210. The highest BCUT2D eigenvalue weighted by atomic mass is 32.1. The van der Waals surface area contributed by atoms with Gasteiger partial charge in [-0.25, -0.2) is 4.79 Å². The van der Waals surface area contributed by atoms with Crippen LogP contribution in [0.1, 0.15) is 15.9 Å². The number of pyridine rings is 4.